The Morgan fingerprint density at radius 2 is 2.05 bits per heavy atom. The van der Waals surface area contributed by atoms with Crippen molar-refractivity contribution in [2.24, 2.45) is 0 Å². The number of aryl methyl sites for hydroxylation is 2. The molecule has 2 N–H and O–H groups in total. The summed E-state index contributed by atoms with van der Waals surface area (Å²) in [6.45, 7) is 2.57. The Kier molecular flexibility index (Phi) is 5.46. The zero-order chi connectivity index (χ0) is 15.2. The highest BCUT2D eigenvalue weighted by atomic mass is 32.1. The lowest BCUT2D eigenvalue weighted by Gasteiger charge is -2.02. The molecular weight excluding hydrogens is 308 g/mol. The van der Waals surface area contributed by atoms with Crippen molar-refractivity contribution in [2.75, 3.05) is 6.54 Å². The van der Waals surface area contributed by atoms with Gasteiger partial charge < -0.3 is 10.4 Å². The van der Waals surface area contributed by atoms with Gasteiger partial charge in [-0.15, -0.1) is 22.7 Å². The van der Waals surface area contributed by atoms with E-state index < -0.39 is 5.97 Å². The Balaban J connectivity index is 1.68. The van der Waals surface area contributed by atoms with E-state index in [2.05, 4.69) is 10.3 Å². The van der Waals surface area contributed by atoms with Crippen molar-refractivity contribution < 1.29 is 14.7 Å². The molecule has 0 aliphatic carbocycles. The number of amides is 1. The number of aromatic carboxylic acids is 1. The van der Waals surface area contributed by atoms with E-state index in [0.29, 0.717) is 11.4 Å². The molecule has 5 nitrogen and oxygen atoms in total. The quantitative estimate of drug-likeness (QED) is 0.767. The second-order valence-electron chi connectivity index (χ2n) is 4.56. The third kappa shape index (κ3) is 4.64. The highest BCUT2D eigenvalue weighted by Gasteiger charge is 2.12. The van der Waals surface area contributed by atoms with Gasteiger partial charge in [0.15, 0.2) is 0 Å². The summed E-state index contributed by atoms with van der Waals surface area (Å²) in [4.78, 5) is 27.6. The van der Waals surface area contributed by atoms with Crippen LogP contribution in [0.15, 0.2) is 17.5 Å². The van der Waals surface area contributed by atoms with Gasteiger partial charge >= 0.3 is 5.97 Å². The van der Waals surface area contributed by atoms with Gasteiger partial charge in [0.2, 0.25) is 0 Å². The van der Waals surface area contributed by atoms with Gasteiger partial charge in [0.05, 0.1) is 9.88 Å². The maximum Gasteiger partial charge on any atom is 0.345 e. The van der Waals surface area contributed by atoms with E-state index >= 15 is 0 Å². The van der Waals surface area contributed by atoms with Gasteiger partial charge in [-0.05, 0) is 38.3 Å². The molecule has 0 bridgehead atoms. The van der Waals surface area contributed by atoms with Crippen LogP contribution in [0.4, 0.5) is 0 Å². The number of rotatable bonds is 7. The van der Waals surface area contributed by atoms with E-state index in [1.165, 1.54) is 6.07 Å². The first-order valence-electron chi connectivity index (χ1n) is 6.58. The topological polar surface area (TPSA) is 79.3 Å². The molecule has 2 aromatic heterocycles. The van der Waals surface area contributed by atoms with E-state index in [1.807, 2.05) is 12.3 Å². The molecule has 21 heavy (non-hydrogen) atoms. The number of thiazole rings is 1. The predicted molar refractivity (Wildman–Crippen MR) is 83.4 cm³/mol. The molecule has 0 atom stereocenters. The first-order valence-corrected chi connectivity index (χ1v) is 8.28. The van der Waals surface area contributed by atoms with Crippen LogP contribution in [0.1, 0.15) is 42.9 Å². The molecule has 0 saturated heterocycles. The molecule has 0 aromatic carbocycles. The number of unbranched alkanes of at least 4 members (excludes halogenated alkanes) is 1. The summed E-state index contributed by atoms with van der Waals surface area (Å²) in [5.74, 6) is -1.21. The molecule has 0 aliphatic heterocycles. The van der Waals surface area contributed by atoms with Gasteiger partial charge in [-0.2, -0.15) is 0 Å². The number of hydrogen-bond donors (Lipinski definition) is 2. The van der Waals surface area contributed by atoms with E-state index in [0.717, 1.165) is 41.3 Å². The van der Waals surface area contributed by atoms with E-state index in [9.17, 15) is 9.59 Å². The molecule has 0 unspecified atom stereocenters. The van der Waals surface area contributed by atoms with E-state index in [4.69, 9.17) is 5.11 Å². The number of carboxylic acid groups (broad SMARTS) is 1. The second kappa shape index (κ2) is 7.33. The zero-order valence-corrected chi connectivity index (χ0v) is 13.2. The van der Waals surface area contributed by atoms with Crippen LogP contribution in [0.2, 0.25) is 0 Å². The monoisotopic (exact) mass is 324 g/mol. The fraction of sp³-hybridized carbons (Fsp3) is 0.357. The summed E-state index contributed by atoms with van der Waals surface area (Å²) in [5, 5.41) is 14.8. The minimum absolute atomic E-state index is 0.180. The SMILES string of the molecule is Cc1csc(CCCCNC(=O)c2ccc(C(=O)O)s2)n1. The van der Waals surface area contributed by atoms with Crippen LogP contribution in [0.25, 0.3) is 0 Å². The Morgan fingerprint density at radius 1 is 1.29 bits per heavy atom. The van der Waals surface area contributed by atoms with Crippen LogP contribution in [-0.2, 0) is 6.42 Å². The lowest BCUT2D eigenvalue weighted by atomic mass is 10.2. The summed E-state index contributed by atoms with van der Waals surface area (Å²) in [6, 6.07) is 2.99. The van der Waals surface area contributed by atoms with Crippen molar-refractivity contribution in [1.82, 2.24) is 10.3 Å². The first kappa shape index (κ1) is 15.7. The van der Waals surface area contributed by atoms with Gasteiger partial charge in [0, 0.05) is 17.6 Å². The molecule has 0 radical (unpaired) electrons. The number of nitrogens with zero attached hydrogens (tertiary/aromatic N) is 1. The molecule has 2 aromatic rings. The largest absolute Gasteiger partial charge is 0.477 e. The summed E-state index contributed by atoms with van der Waals surface area (Å²) in [5.41, 5.74) is 1.05. The number of thiophene rings is 1. The molecule has 0 spiro atoms. The molecule has 2 rings (SSSR count). The molecular formula is C14H16N2O3S2. The van der Waals surface area contributed by atoms with Crippen molar-refractivity contribution in [1.29, 1.82) is 0 Å². The maximum atomic E-state index is 11.8. The van der Waals surface area contributed by atoms with Gasteiger partial charge in [-0.3, -0.25) is 4.79 Å². The van der Waals surface area contributed by atoms with Crippen molar-refractivity contribution in [2.45, 2.75) is 26.2 Å². The van der Waals surface area contributed by atoms with Crippen LogP contribution in [-0.4, -0.2) is 28.5 Å². The van der Waals surface area contributed by atoms with Gasteiger partial charge in [-0.25, -0.2) is 9.78 Å². The van der Waals surface area contributed by atoms with Gasteiger partial charge in [0.1, 0.15) is 4.88 Å². The Labute approximate surface area is 130 Å². The minimum Gasteiger partial charge on any atom is -0.477 e. The summed E-state index contributed by atoms with van der Waals surface area (Å²) in [6.07, 6.45) is 2.77. The molecule has 2 heterocycles. The van der Waals surface area contributed by atoms with Gasteiger partial charge in [0.25, 0.3) is 5.91 Å². The lowest BCUT2D eigenvalue weighted by Crippen LogP contribution is -2.23. The third-order valence-electron chi connectivity index (χ3n) is 2.81. The average Bonchev–Trinajstić information content (AvgIpc) is 3.07. The minimum atomic E-state index is -1.00. The Hall–Kier alpha value is -1.73. The van der Waals surface area contributed by atoms with Crippen molar-refractivity contribution in [3.63, 3.8) is 0 Å². The molecule has 112 valence electrons. The van der Waals surface area contributed by atoms with Crippen LogP contribution in [0.3, 0.4) is 0 Å². The van der Waals surface area contributed by atoms with Crippen LogP contribution in [0.5, 0.6) is 0 Å². The smallest absolute Gasteiger partial charge is 0.345 e. The summed E-state index contributed by atoms with van der Waals surface area (Å²) in [7, 11) is 0. The Morgan fingerprint density at radius 3 is 2.67 bits per heavy atom. The van der Waals surface area contributed by atoms with Crippen LogP contribution < -0.4 is 5.32 Å². The lowest BCUT2D eigenvalue weighted by molar-refractivity contribution is 0.0702. The van der Waals surface area contributed by atoms with Crippen molar-refractivity contribution in [3.05, 3.63) is 38.0 Å². The number of carbonyl (C=O) groups is 2. The normalized spacial score (nSPS) is 10.5. The first-order chi connectivity index (χ1) is 10.1. The molecule has 7 heteroatoms. The van der Waals surface area contributed by atoms with E-state index in [1.54, 1.807) is 17.4 Å². The van der Waals surface area contributed by atoms with Gasteiger partial charge in [-0.1, -0.05) is 0 Å². The summed E-state index contributed by atoms with van der Waals surface area (Å²) < 4.78 is 0. The number of carboxylic acids is 1. The maximum absolute atomic E-state index is 11.8. The number of aromatic nitrogens is 1. The highest BCUT2D eigenvalue weighted by molar-refractivity contribution is 7.15. The van der Waals surface area contributed by atoms with E-state index in [-0.39, 0.29) is 10.8 Å². The second-order valence-corrected chi connectivity index (χ2v) is 6.59. The van der Waals surface area contributed by atoms with Crippen molar-refractivity contribution in [3.8, 4) is 0 Å². The molecule has 0 aliphatic rings. The zero-order valence-electron chi connectivity index (χ0n) is 11.6. The fourth-order valence-corrected chi connectivity index (χ4v) is 3.36. The summed E-state index contributed by atoms with van der Waals surface area (Å²) >= 11 is 2.66. The van der Waals surface area contributed by atoms with Crippen LogP contribution >= 0.6 is 22.7 Å². The number of carbonyl (C=O) groups excluding carboxylic acids is 1. The standard InChI is InChI=1S/C14H16N2O3S2/c1-9-8-20-12(16-9)4-2-3-7-15-13(17)10-5-6-11(21-10)14(18)19/h5-6,8H,2-4,7H2,1H3,(H,15,17)(H,18,19). The van der Waals surface area contributed by atoms with Crippen molar-refractivity contribution >= 4 is 34.6 Å². The van der Waals surface area contributed by atoms with Crippen LogP contribution in [0, 0.1) is 6.92 Å². The molecule has 0 saturated carbocycles. The predicted octanol–water partition coefficient (Wildman–Crippen LogP) is 2.96. The Bertz CT molecular complexity index is 634. The molecule has 1 amide bonds. The third-order valence-corrected chi connectivity index (χ3v) is 4.91. The highest BCUT2D eigenvalue weighted by Crippen LogP contribution is 2.16. The molecule has 0 fully saturated rings. The number of hydrogen-bond acceptors (Lipinski definition) is 5. The average molecular weight is 324 g/mol. The fourth-order valence-electron chi connectivity index (χ4n) is 1.78. The number of nitrogens with one attached hydrogen (secondary N) is 1.